The maximum absolute atomic E-state index is 11.3. The third-order valence-electron chi connectivity index (χ3n) is 3.06. The van der Waals surface area contributed by atoms with E-state index in [1.54, 1.807) is 12.1 Å². The van der Waals surface area contributed by atoms with Crippen molar-refractivity contribution in [2.45, 2.75) is 38.9 Å². The van der Waals surface area contributed by atoms with Crippen molar-refractivity contribution in [1.82, 2.24) is 10.2 Å². The Balaban J connectivity index is 2.21. The number of morpholine rings is 1. The predicted molar refractivity (Wildman–Crippen MR) is 74.8 cm³/mol. The van der Waals surface area contributed by atoms with Crippen LogP contribution in [0.5, 0.6) is 0 Å². The summed E-state index contributed by atoms with van der Waals surface area (Å²) in [6.45, 7) is 9.66. The maximum atomic E-state index is 11.3. The first-order valence-corrected chi connectivity index (χ1v) is 6.60. The van der Waals surface area contributed by atoms with E-state index in [4.69, 9.17) is 4.74 Å². The SMILES string of the molecule is COC(=O)c1ccc(N2CC(C)(C)OC(C)(C)C2)nn1. The lowest BCUT2D eigenvalue weighted by Crippen LogP contribution is -2.57. The molecule has 0 spiro atoms. The topological polar surface area (TPSA) is 64.5 Å². The molecule has 1 saturated heterocycles. The van der Waals surface area contributed by atoms with Crippen molar-refractivity contribution in [2.75, 3.05) is 25.1 Å². The van der Waals surface area contributed by atoms with Crippen LogP contribution in [0, 0.1) is 0 Å². The Bertz CT molecular complexity index is 481. The second-order valence-electron chi connectivity index (χ2n) is 6.25. The van der Waals surface area contributed by atoms with E-state index in [0.717, 1.165) is 18.9 Å². The van der Waals surface area contributed by atoms with Crippen LogP contribution in [0.1, 0.15) is 38.2 Å². The highest BCUT2D eigenvalue weighted by Gasteiger charge is 2.38. The molecule has 0 radical (unpaired) electrons. The van der Waals surface area contributed by atoms with Gasteiger partial charge in [0.1, 0.15) is 0 Å². The normalized spacial score (nSPS) is 20.6. The molecule has 0 N–H and O–H groups in total. The van der Waals surface area contributed by atoms with E-state index in [2.05, 4.69) is 47.5 Å². The van der Waals surface area contributed by atoms with Gasteiger partial charge in [-0.05, 0) is 39.8 Å². The van der Waals surface area contributed by atoms with Crippen LogP contribution in [0.4, 0.5) is 5.82 Å². The Morgan fingerprint density at radius 3 is 2.25 bits per heavy atom. The zero-order valence-electron chi connectivity index (χ0n) is 12.6. The van der Waals surface area contributed by atoms with Crippen LogP contribution in [0.3, 0.4) is 0 Å². The first kappa shape index (κ1) is 14.7. The number of hydrogen-bond acceptors (Lipinski definition) is 6. The number of hydrogen-bond donors (Lipinski definition) is 0. The summed E-state index contributed by atoms with van der Waals surface area (Å²) >= 11 is 0. The number of carbonyl (C=O) groups is 1. The minimum atomic E-state index is -0.480. The third kappa shape index (κ3) is 3.25. The zero-order valence-corrected chi connectivity index (χ0v) is 12.6. The van der Waals surface area contributed by atoms with Crippen molar-refractivity contribution < 1.29 is 14.3 Å². The van der Waals surface area contributed by atoms with E-state index in [-0.39, 0.29) is 16.9 Å². The number of aromatic nitrogens is 2. The van der Waals surface area contributed by atoms with Crippen molar-refractivity contribution in [1.29, 1.82) is 0 Å². The highest BCUT2D eigenvalue weighted by Crippen LogP contribution is 2.30. The molecule has 6 heteroatoms. The monoisotopic (exact) mass is 279 g/mol. The molecule has 0 aromatic carbocycles. The van der Waals surface area contributed by atoms with Crippen LogP contribution in [-0.2, 0) is 9.47 Å². The van der Waals surface area contributed by atoms with Crippen LogP contribution in [0.25, 0.3) is 0 Å². The molecule has 0 atom stereocenters. The number of nitrogens with zero attached hydrogens (tertiary/aromatic N) is 3. The lowest BCUT2D eigenvalue weighted by atomic mass is 9.99. The van der Waals surface area contributed by atoms with E-state index < -0.39 is 5.97 Å². The molecule has 1 aromatic heterocycles. The number of ether oxygens (including phenoxy) is 2. The van der Waals surface area contributed by atoms with Gasteiger partial charge >= 0.3 is 5.97 Å². The standard InChI is InChI=1S/C14H21N3O3/c1-13(2)8-17(9-14(3,4)20-13)11-7-6-10(15-16-11)12(18)19-5/h6-7H,8-9H2,1-5H3. The van der Waals surface area contributed by atoms with E-state index in [1.807, 2.05) is 0 Å². The average molecular weight is 279 g/mol. The fourth-order valence-corrected chi connectivity index (χ4v) is 2.66. The maximum Gasteiger partial charge on any atom is 0.358 e. The van der Waals surface area contributed by atoms with Crippen molar-refractivity contribution >= 4 is 11.8 Å². The van der Waals surface area contributed by atoms with Gasteiger partial charge in [0.15, 0.2) is 11.5 Å². The first-order valence-electron chi connectivity index (χ1n) is 6.60. The molecule has 6 nitrogen and oxygen atoms in total. The molecule has 1 aliphatic heterocycles. The molecule has 0 aliphatic carbocycles. The number of carbonyl (C=O) groups excluding carboxylic acids is 1. The summed E-state index contributed by atoms with van der Waals surface area (Å²) in [6.07, 6.45) is 0. The molecular formula is C14H21N3O3. The molecule has 20 heavy (non-hydrogen) atoms. The van der Waals surface area contributed by atoms with E-state index in [1.165, 1.54) is 7.11 Å². The first-order chi connectivity index (χ1) is 9.22. The molecular weight excluding hydrogens is 258 g/mol. The van der Waals surface area contributed by atoms with Gasteiger partial charge in [-0.15, -0.1) is 10.2 Å². The number of anilines is 1. The van der Waals surface area contributed by atoms with Gasteiger partial charge in [0.2, 0.25) is 0 Å². The fourth-order valence-electron chi connectivity index (χ4n) is 2.66. The summed E-state index contributed by atoms with van der Waals surface area (Å²) < 4.78 is 10.6. The lowest BCUT2D eigenvalue weighted by Gasteiger charge is -2.47. The molecule has 0 bridgehead atoms. The van der Waals surface area contributed by atoms with Crippen LogP contribution in [0.15, 0.2) is 12.1 Å². The summed E-state index contributed by atoms with van der Waals surface area (Å²) in [4.78, 5) is 13.5. The van der Waals surface area contributed by atoms with Crippen molar-refractivity contribution in [3.8, 4) is 0 Å². The highest BCUT2D eigenvalue weighted by atomic mass is 16.5. The molecule has 1 fully saturated rings. The fraction of sp³-hybridized carbons (Fsp3) is 0.643. The quantitative estimate of drug-likeness (QED) is 0.767. The molecule has 1 aliphatic rings. The van der Waals surface area contributed by atoms with Crippen LogP contribution >= 0.6 is 0 Å². The van der Waals surface area contributed by atoms with E-state index in [0.29, 0.717) is 0 Å². The summed E-state index contributed by atoms with van der Waals surface area (Å²) in [5.41, 5.74) is -0.308. The highest BCUT2D eigenvalue weighted by molar-refractivity contribution is 5.86. The smallest absolute Gasteiger partial charge is 0.358 e. The average Bonchev–Trinajstić information content (AvgIpc) is 2.34. The zero-order chi connectivity index (χ0) is 15.0. The largest absolute Gasteiger partial charge is 0.464 e. The number of methoxy groups -OCH3 is 1. The Morgan fingerprint density at radius 2 is 1.80 bits per heavy atom. The molecule has 1 aromatic rings. The molecule has 0 saturated carbocycles. The van der Waals surface area contributed by atoms with Crippen LogP contribution < -0.4 is 4.90 Å². The van der Waals surface area contributed by atoms with Gasteiger partial charge in [-0.2, -0.15) is 0 Å². The minimum Gasteiger partial charge on any atom is -0.464 e. The summed E-state index contributed by atoms with van der Waals surface area (Å²) in [7, 11) is 1.32. The van der Waals surface area contributed by atoms with E-state index in [9.17, 15) is 4.79 Å². The minimum absolute atomic E-state index is 0.211. The van der Waals surface area contributed by atoms with Gasteiger partial charge < -0.3 is 14.4 Å². The second-order valence-corrected chi connectivity index (χ2v) is 6.25. The second kappa shape index (κ2) is 5.01. The lowest BCUT2D eigenvalue weighted by molar-refractivity contribution is -0.133. The Kier molecular flexibility index (Phi) is 3.69. The molecule has 110 valence electrons. The predicted octanol–water partition coefficient (Wildman–Crippen LogP) is 1.66. The third-order valence-corrected chi connectivity index (χ3v) is 3.06. The Hall–Kier alpha value is -1.69. The number of esters is 1. The Morgan fingerprint density at radius 1 is 1.20 bits per heavy atom. The van der Waals surface area contributed by atoms with E-state index >= 15 is 0 Å². The van der Waals surface area contributed by atoms with Gasteiger partial charge in [0.25, 0.3) is 0 Å². The molecule has 0 amide bonds. The van der Waals surface area contributed by atoms with Gasteiger partial charge in [-0.3, -0.25) is 0 Å². The van der Waals surface area contributed by atoms with Crippen LogP contribution in [-0.4, -0.2) is 47.6 Å². The number of rotatable bonds is 2. The summed E-state index contributed by atoms with van der Waals surface area (Å²) in [6, 6.07) is 3.42. The van der Waals surface area contributed by atoms with Gasteiger partial charge in [-0.25, -0.2) is 4.79 Å². The van der Waals surface area contributed by atoms with Gasteiger partial charge in [-0.1, -0.05) is 0 Å². The van der Waals surface area contributed by atoms with Crippen molar-refractivity contribution in [3.05, 3.63) is 17.8 Å². The van der Waals surface area contributed by atoms with Gasteiger partial charge in [0, 0.05) is 13.1 Å². The van der Waals surface area contributed by atoms with Crippen molar-refractivity contribution in [3.63, 3.8) is 0 Å². The van der Waals surface area contributed by atoms with Gasteiger partial charge in [0.05, 0.1) is 18.3 Å². The summed E-state index contributed by atoms with van der Waals surface area (Å²) in [5, 5.41) is 8.04. The van der Waals surface area contributed by atoms with Crippen molar-refractivity contribution in [2.24, 2.45) is 0 Å². The molecule has 0 unspecified atom stereocenters. The van der Waals surface area contributed by atoms with Crippen LogP contribution in [0.2, 0.25) is 0 Å². The summed E-state index contributed by atoms with van der Waals surface area (Å²) in [5.74, 6) is 0.258. The molecule has 2 rings (SSSR count). The Labute approximate surface area is 119 Å². The molecule has 2 heterocycles.